The van der Waals surface area contributed by atoms with Crippen molar-refractivity contribution in [2.75, 3.05) is 7.11 Å². The number of aryl methyl sites for hydroxylation is 1. The summed E-state index contributed by atoms with van der Waals surface area (Å²) in [5.41, 5.74) is 6.94. The molecule has 0 saturated carbocycles. The number of hydrogen-bond acceptors (Lipinski definition) is 6. The predicted molar refractivity (Wildman–Crippen MR) is 70.8 cm³/mol. The van der Waals surface area contributed by atoms with Gasteiger partial charge in [0, 0.05) is 24.1 Å². The van der Waals surface area contributed by atoms with Crippen LogP contribution in [0.1, 0.15) is 25.4 Å². The van der Waals surface area contributed by atoms with Crippen molar-refractivity contribution in [3.8, 4) is 17.3 Å². The maximum Gasteiger partial charge on any atom is 0.216 e. The molecule has 0 saturated heterocycles. The normalized spacial score (nSPS) is 11.6. The van der Waals surface area contributed by atoms with Gasteiger partial charge in [-0.15, -0.1) is 0 Å². The SMILES string of the molecule is COc1cc(-c2cc(C)on2)nc(CC(C)(C)N)n1. The number of nitrogens with two attached hydrogens (primary N) is 1. The molecule has 0 radical (unpaired) electrons. The first-order chi connectivity index (χ1) is 8.87. The Labute approximate surface area is 112 Å². The van der Waals surface area contributed by atoms with Crippen molar-refractivity contribution in [2.24, 2.45) is 5.73 Å². The van der Waals surface area contributed by atoms with E-state index in [0.717, 1.165) is 5.76 Å². The zero-order valence-corrected chi connectivity index (χ0v) is 11.6. The number of hydrogen-bond donors (Lipinski definition) is 1. The highest BCUT2D eigenvalue weighted by Crippen LogP contribution is 2.21. The van der Waals surface area contributed by atoms with E-state index in [1.165, 1.54) is 0 Å². The lowest BCUT2D eigenvalue weighted by atomic mass is 10.0. The topological polar surface area (TPSA) is 87.1 Å². The van der Waals surface area contributed by atoms with Gasteiger partial charge in [-0.2, -0.15) is 4.98 Å². The van der Waals surface area contributed by atoms with Crippen LogP contribution < -0.4 is 10.5 Å². The van der Waals surface area contributed by atoms with Crippen LogP contribution >= 0.6 is 0 Å². The van der Waals surface area contributed by atoms with Gasteiger partial charge in [0.1, 0.15) is 17.3 Å². The Kier molecular flexibility index (Phi) is 3.53. The van der Waals surface area contributed by atoms with Gasteiger partial charge in [0.15, 0.2) is 0 Å². The Morgan fingerprint density at radius 2 is 2.00 bits per heavy atom. The first-order valence-electron chi connectivity index (χ1n) is 6.02. The van der Waals surface area contributed by atoms with E-state index in [0.29, 0.717) is 29.5 Å². The van der Waals surface area contributed by atoms with Gasteiger partial charge in [-0.1, -0.05) is 5.16 Å². The van der Waals surface area contributed by atoms with Crippen molar-refractivity contribution in [3.63, 3.8) is 0 Å². The molecule has 0 amide bonds. The van der Waals surface area contributed by atoms with Crippen molar-refractivity contribution in [1.29, 1.82) is 0 Å². The quantitative estimate of drug-likeness (QED) is 0.902. The molecule has 0 spiro atoms. The highest BCUT2D eigenvalue weighted by molar-refractivity contribution is 5.55. The molecule has 0 fully saturated rings. The molecule has 2 rings (SSSR count). The summed E-state index contributed by atoms with van der Waals surface area (Å²) in [5.74, 6) is 1.85. The summed E-state index contributed by atoms with van der Waals surface area (Å²) in [4.78, 5) is 8.75. The van der Waals surface area contributed by atoms with Crippen LogP contribution in [0.25, 0.3) is 11.4 Å². The van der Waals surface area contributed by atoms with Crippen molar-refractivity contribution < 1.29 is 9.26 Å². The Morgan fingerprint density at radius 3 is 2.53 bits per heavy atom. The number of ether oxygens (including phenoxy) is 1. The van der Waals surface area contributed by atoms with Crippen LogP contribution in [0.4, 0.5) is 0 Å². The van der Waals surface area contributed by atoms with E-state index in [9.17, 15) is 0 Å². The Morgan fingerprint density at radius 1 is 1.26 bits per heavy atom. The third-order valence-corrected chi connectivity index (χ3v) is 2.46. The monoisotopic (exact) mass is 262 g/mol. The largest absolute Gasteiger partial charge is 0.481 e. The molecule has 6 heteroatoms. The Balaban J connectivity index is 2.41. The van der Waals surface area contributed by atoms with Gasteiger partial charge in [-0.3, -0.25) is 0 Å². The van der Waals surface area contributed by atoms with Gasteiger partial charge in [-0.05, 0) is 20.8 Å². The van der Waals surface area contributed by atoms with Crippen LogP contribution in [-0.2, 0) is 6.42 Å². The minimum absolute atomic E-state index is 0.386. The van der Waals surface area contributed by atoms with Crippen molar-refractivity contribution in [2.45, 2.75) is 32.7 Å². The fraction of sp³-hybridized carbons (Fsp3) is 0.462. The minimum Gasteiger partial charge on any atom is -0.481 e. The van der Waals surface area contributed by atoms with Crippen molar-refractivity contribution in [3.05, 3.63) is 23.7 Å². The highest BCUT2D eigenvalue weighted by atomic mass is 16.5. The molecule has 0 atom stereocenters. The van der Waals surface area contributed by atoms with Gasteiger partial charge in [0.25, 0.3) is 0 Å². The average Bonchev–Trinajstić information content (AvgIpc) is 2.73. The summed E-state index contributed by atoms with van der Waals surface area (Å²) in [6.07, 6.45) is 0.550. The molecule has 0 aliphatic carbocycles. The van der Waals surface area contributed by atoms with E-state index in [-0.39, 0.29) is 5.54 Å². The number of nitrogens with zero attached hydrogens (tertiary/aromatic N) is 3. The molecule has 19 heavy (non-hydrogen) atoms. The maximum atomic E-state index is 6.00. The molecule has 0 aliphatic rings. The molecule has 2 aromatic heterocycles. The van der Waals surface area contributed by atoms with E-state index in [1.54, 1.807) is 13.2 Å². The number of rotatable bonds is 4. The van der Waals surface area contributed by atoms with Gasteiger partial charge in [0.05, 0.1) is 12.8 Å². The maximum absolute atomic E-state index is 6.00. The third kappa shape index (κ3) is 3.51. The van der Waals surface area contributed by atoms with Crippen LogP contribution in [0, 0.1) is 6.92 Å². The van der Waals surface area contributed by atoms with Gasteiger partial charge < -0.3 is 15.0 Å². The second-order valence-corrected chi connectivity index (χ2v) is 5.20. The summed E-state index contributed by atoms with van der Waals surface area (Å²) < 4.78 is 10.2. The number of methoxy groups -OCH3 is 1. The minimum atomic E-state index is -0.386. The lowest BCUT2D eigenvalue weighted by Crippen LogP contribution is -2.35. The molecule has 102 valence electrons. The molecule has 2 N–H and O–H groups in total. The van der Waals surface area contributed by atoms with Crippen LogP contribution in [0.3, 0.4) is 0 Å². The summed E-state index contributed by atoms with van der Waals surface area (Å²) in [6, 6.07) is 3.55. The lowest BCUT2D eigenvalue weighted by molar-refractivity contribution is 0.391. The van der Waals surface area contributed by atoms with Crippen molar-refractivity contribution in [1.82, 2.24) is 15.1 Å². The highest BCUT2D eigenvalue weighted by Gasteiger charge is 2.17. The Hall–Kier alpha value is -1.95. The standard InChI is InChI=1S/C13H18N4O2/c1-8-5-10(17-19-8)9-6-12(18-4)16-11(15-9)7-13(2,3)14/h5-6H,7,14H2,1-4H3. The molecular weight excluding hydrogens is 244 g/mol. The summed E-state index contributed by atoms with van der Waals surface area (Å²) in [7, 11) is 1.57. The fourth-order valence-electron chi connectivity index (χ4n) is 1.68. The zero-order chi connectivity index (χ0) is 14.0. The second kappa shape index (κ2) is 4.97. The second-order valence-electron chi connectivity index (χ2n) is 5.20. The smallest absolute Gasteiger partial charge is 0.216 e. The molecule has 0 unspecified atom stereocenters. The molecule has 0 aliphatic heterocycles. The lowest BCUT2D eigenvalue weighted by Gasteiger charge is -2.17. The Bertz CT molecular complexity index is 572. The summed E-state index contributed by atoms with van der Waals surface area (Å²) in [6.45, 7) is 5.68. The summed E-state index contributed by atoms with van der Waals surface area (Å²) in [5, 5.41) is 3.95. The first kappa shape index (κ1) is 13.5. The van der Waals surface area contributed by atoms with Gasteiger partial charge >= 0.3 is 0 Å². The van der Waals surface area contributed by atoms with E-state index >= 15 is 0 Å². The van der Waals surface area contributed by atoms with E-state index in [4.69, 9.17) is 15.0 Å². The zero-order valence-electron chi connectivity index (χ0n) is 11.6. The van der Waals surface area contributed by atoms with E-state index in [2.05, 4.69) is 15.1 Å². The van der Waals surface area contributed by atoms with Crippen LogP contribution in [0.15, 0.2) is 16.7 Å². The molecule has 0 aromatic carbocycles. The van der Waals surface area contributed by atoms with Crippen LogP contribution in [0.5, 0.6) is 5.88 Å². The molecule has 0 bridgehead atoms. The molecular formula is C13H18N4O2. The average molecular weight is 262 g/mol. The number of aromatic nitrogens is 3. The van der Waals surface area contributed by atoms with Gasteiger partial charge in [0.2, 0.25) is 5.88 Å². The third-order valence-electron chi connectivity index (χ3n) is 2.46. The molecule has 2 heterocycles. The molecule has 6 nitrogen and oxygen atoms in total. The predicted octanol–water partition coefficient (Wildman–Crippen LogP) is 1.73. The van der Waals surface area contributed by atoms with Crippen LogP contribution in [0.2, 0.25) is 0 Å². The first-order valence-corrected chi connectivity index (χ1v) is 6.02. The van der Waals surface area contributed by atoms with E-state index < -0.39 is 0 Å². The molecule has 2 aromatic rings. The summed E-state index contributed by atoms with van der Waals surface area (Å²) >= 11 is 0. The van der Waals surface area contributed by atoms with Crippen molar-refractivity contribution >= 4 is 0 Å². The van der Waals surface area contributed by atoms with E-state index in [1.807, 2.05) is 26.8 Å². The van der Waals surface area contributed by atoms with Crippen LogP contribution in [-0.4, -0.2) is 27.8 Å². The van der Waals surface area contributed by atoms with Gasteiger partial charge in [-0.25, -0.2) is 4.98 Å². The fourth-order valence-corrected chi connectivity index (χ4v) is 1.68.